The van der Waals surface area contributed by atoms with E-state index < -0.39 is 5.97 Å². The van der Waals surface area contributed by atoms with E-state index in [9.17, 15) is 9.59 Å². The SMILES string of the molecule is CCCn1c(=O)oc2cc(C(C)CCC(=O)O)ccc21. The molecule has 0 amide bonds. The molecule has 2 aromatic rings. The van der Waals surface area contributed by atoms with Gasteiger partial charge in [0, 0.05) is 13.0 Å². The summed E-state index contributed by atoms with van der Waals surface area (Å²) in [4.78, 5) is 22.3. The van der Waals surface area contributed by atoms with Gasteiger partial charge in [0.1, 0.15) is 0 Å². The van der Waals surface area contributed by atoms with Gasteiger partial charge < -0.3 is 9.52 Å². The lowest BCUT2D eigenvalue weighted by atomic mass is 9.96. The summed E-state index contributed by atoms with van der Waals surface area (Å²) in [6.45, 7) is 4.62. The van der Waals surface area contributed by atoms with Gasteiger partial charge in [-0.25, -0.2) is 4.79 Å². The third-order valence-electron chi connectivity index (χ3n) is 3.50. The summed E-state index contributed by atoms with van der Waals surface area (Å²) in [7, 11) is 0. The van der Waals surface area contributed by atoms with Gasteiger partial charge in [0.15, 0.2) is 5.58 Å². The molecular formula is C15H19NO4. The van der Waals surface area contributed by atoms with Gasteiger partial charge in [-0.05, 0) is 36.5 Å². The van der Waals surface area contributed by atoms with Crippen molar-refractivity contribution >= 4 is 17.1 Å². The number of hydrogen-bond acceptors (Lipinski definition) is 3. The first kappa shape index (κ1) is 14.4. The fraction of sp³-hybridized carbons (Fsp3) is 0.467. The number of hydrogen-bond donors (Lipinski definition) is 1. The van der Waals surface area contributed by atoms with Crippen LogP contribution in [0.2, 0.25) is 0 Å². The zero-order valence-electron chi connectivity index (χ0n) is 11.8. The van der Waals surface area contributed by atoms with Crippen LogP contribution >= 0.6 is 0 Å². The maximum atomic E-state index is 11.7. The number of benzene rings is 1. The lowest BCUT2D eigenvalue weighted by Crippen LogP contribution is -2.13. The Labute approximate surface area is 116 Å². The third-order valence-corrected chi connectivity index (χ3v) is 3.50. The van der Waals surface area contributed by atoms with Crippen molar-refractivity contribution < 1.29 is 14.3 Å². The average Bonchev–Trinajstić information content (AvgIpc) is 2.72. The number of aromatic nitrogens is 1. The van der Waals surface area contributed by atoms with Crippen LogP contribution in [0.15, 0.2) is 27.4 Å². The van der Waals surface area contributed by atoms with E-state index in [0.29, 0.717) is 18.5 Å². The Morgan fingerprint density at radius 3 is 2.85 bits per heavy atom. The Morgan fingerprint density at radius 2 is 2.20 bits per heavy atom. The minimum absolute atomic E-state index is 0.121. The van der Waals surface area contributed by atoms with Crippen LogP contribution in [0.3, 0.4) is 0 Å². The number of oxazole rings is 1. The van der Waals surface area contributed by atoms with Gasteiger partial charge in [-0.15, -0.1) is 0 Å². The van der Waals surface area contributed by atoms with Crippen LogP contribution in [-0.4, -0.2) is 15.6 Å². The van der Waals surface area contributed by atoms with Gasteiger partial charge >= 0.3 is 11.7 Å². The van der Waals surface area contributed by atoms with Crippen LogP contribution in [0, 0.1) is 0 Å². The highest BCUT2D eigenvalue weighted by atomic mass is 16.4. The molecule has 2 rings (SSSR count). The molecule has 0 radical (unpaired) electrons. The second-order valence-electron chi connectivity index (χ2n) is 5.08. The summed E-state index contributed by atoms with van der Waals surface area (Å²) in [5.41, 5.74) is 2.37. The van der Waals surface area contributed by atoms with E-state index in [2.05, 4.69) is 0 Å². The predicted molar refractivity (Wildman–Crippen MR) is 76.0 cm³/mol. The molecule has 0 saturated heterocycles. The Morgan fingerprint density at radius 1 is 1.45 bits per heavy atom. The zero-order valence-corrected chi connectivity index (χ0v) is 11.8. The van der Waals surface area contributed by atoms with Crippen LogP contribution < -0.4 is 5.76 Å². The molecule has 5 nitrogen and oxygen atoms in total. The van der Waals surface area contributed by atoms with E-state index >= 15 is 0 Å². The lowest BCUT2D eigenvalue weighted by molar-refractivity contribution is -0.137. The minimum Gasteiger partial charge on any atom is -0.481 e. The summed E-state index contributed by atoms with van der Waals surface area (Å²) in [5, 5.41) is 8.72. The van der Waals surface area contributed by atoms with Crippen molar-refractivity contribution in [3.05, 3.63) is 34.3 Å². The van der Waals surface area contributed by atoms with E-state index in [-0.39, 0.29) is 18.1 Å². The van der Waals surface area contributed by atoms with E-state index in [1.807, 2.05) is 32.0 Å². The maximum Gasteiger partial charge on any atom is 0.419 e. The molecule has 5 heteroatoms. The van der Waals surface area contributed by atoms with Crippen molar-refractivity contribution in [1.82, 2.24) is 4.57 Å². The van der Waals surface area contributed by atoms with Crippen LogP contribution in [-0.2, 0) is 11.3 Å². The first-order chi connectivity index (χ1) is 9.52. The van der Waals surface area contributed by atoms with Gasteiger partial charge in [-0.1, -0.05) is 19.9 Å². The van der Waals surface area contributed by atoms with Gasteiger partial charge in [0.05, 0.1) is 5.52 Å². The highest BCUT2D eigenvalue weighted by Crippen LogP contribution is 2.24. The summed E-state index contributed by atoms with van der Waals surface area (Å²) in [5.74, 6) is -1.01. The molecule has 0 fully saturated rings. The van der Waals surface area contributed by atoms with Crippen LogP contribution in [0.4, 0.5) is 0 Å². The van der Waals surface area contributed by atoms with Crippen molar-refractivity contribution in [3.8, 4) is 0 Å². The molecule has 1 aromatic heterocycles. The predicted octanol–water partition coefficient (Wildman–Crippen LogP) is 2.97. The highest BCUT2D eigenvalue weighted by molar-refractivity contribution is 5.74. The second kappa shape index (κ2) is 5.94. The topological polar surface area (TPSA) is 72.4 Å². The molecule has 0 bridgehead atoms. The second-order valence-corrected chi connectivity index (χ2v) is 5.08. The summed E-state index contributed by atoms with van der Waals surface area (Å²) >= 11 is 0. The maximum absolute atomic E-state index is 11.7. The molecule has 0 spiro atoms. The third kappa shape index (κ3) is 2.92. The van der Waals surface area contributed by atoms with Crippen molar-refractivity contribution in [1.29, 1.82) is 0 Å². The summed E-state index contributed by atoms with van der Waals surface area (Å²) in [6, 6.07) is 5.66. The van der Waals surface area contributed by atoms with Gasteiger partial charge in [0.25, 0.3) is 0 Å². The van der Waals surface area contributed by atoms with Crippen molar-refractivity contribution in [2.24, 2.45) is 0 Å². The number of rotatable bonds is 6. The number of carboxylic acid groups (broad SMARTS) is 1. The van der Waals surface area contributed by atoms with E-state index in [1.54, 1.807) is 4.57 Å². The van der Waals surface area contributed by atoms with Crippen molar-refractivity contribution in [3.63, 3.8) is 0 Å². The number of fused-ring (bicyclic) bond motifs is 1. The quantitative estimate of drug-likeness (QED) is 0.881. The molecule has 1 heterocycles. The molecule has 1 unspecified atom stereocenters. The Hall–Kier alpha value is -2.04. The van der Waals surface area contributed by atoms with E-state index in [0.717, 1.165) is 17.5 Å². The number of nitrogens with zero attached hydrogens (tertiary/aromatic N) is 1. The van der Waals surface area contributed by atoms with Crippen LogP contribution in [0.1, 0.15) is 44.6 Å². The molecule has 1 atom stereocenters. The van der Waals surface area contributed by atoms with E-state index in [1.165, 1.54) is 0 Å². The average molecular weight is 277 g/mol. The van der Waals surface area contributed by atoms with Crippen molar-refractivity contribution in [2.45, 2.75) is 45.6 Å². The summed E-state index contributed by atoms with van der Waals surface area (Å²) in [6.07, 6.45) is 1.58. The van der Waals surface area contributed by atoms with E-state index in [4.69, 9.17) is 9.52 Å². The van der Waals surface area contributed by atoms with Gasteiger partial charge in [0.2, 0.25) is 0 Å². The van der Waals surface area contributed by atoms with Crippen LogP contribution in [0.5, 0.6) is 0 Å². The standard InChI is InChI=1S/C15H19NO4/c1-3-8-16-12-6-5-11(9-13(12)20-15(16)19)10(2)4-7-14(17)18/h5-6,9-10H,3-4,7-8H2,1-2H3,(H,17,18). The number of carbonyl (C=O) groups is 1. The molecule has 1 N–H and O–H groups in total. The first-order valence-corrected chi connectivity index (χ1v) is 6.88. The van der Waals surface area contributed by atoms with Gasteiger partial charge in [-0.2, -0.15) is 0 Å². The van der Waals surface area contributed by atoms with Gasteiger partial charge in [-0.3, -0.25) is 9.36 Å². The zero-order chi connectivity index (χ0) is 14.7. The largest absolute Gasteiger partial charge is 0.481 e. The highest BCUT2D eigenvalue weighted by Gasteiger charge is 2.13. The summed E-state index contributed by atoms with van der Waals surface area (Å²) < 4.78 is 6.89. The van der Waals surface area contributed by atoms with Crippen LogP contribution in [0.25, 0.3) is 11.1 Å². The fourth-order valence-electron chi connectivity index (χ4n) is 2.33. The molecule has 0 saturated carbocycles. The monoisotopic (exact) mass is 277 g/mol. The molecule has 108 valence electrons. The lowest BCUT2D eigenvalue weighted by Gasteiger charge is -2.10. The Kier molecular flexibility index (Phi) is 4.27. The number of aryl methyl sites for hydroxylation is 1. The molecule has 0 aliphatic rings. The molecule has 1 aromatic carbocycles. The fourth-order valence-corrected chi connectivity index (χ4v) is 2.33. The minimum atomic E-state index is -0.793. The Bertz CT molecular complexity index is 668. The molecule has 20 heavy (non-hydrogen) atoms. The molecular weight excluding hydrogens is 258 g/mol. The number of aliphatic carboxylic acids is 1. The first-order valence-electron chi connectivity index (χ1n) is 6.88. The number of carboxylic acids is 1. The molecule has 0 aliphatic heterocycles. The Balaban J connectivity index is 2.30. The molecule has 0 aliphatic carbocycles. The smallest absolute Gasteiger partial charge is 0.419 e. The van der Waals surface area contributed by atoms with Crippen molar-refractivity contribution in [2.75, 3.05) is 0 Å². The normalized spacial score (nSPS) is 12.7.